The number of aryl methyl sites for hydroxylation is 1. The molecule has 2 aromatic carbocycles. The smallest absolute Gasteiger partial charge is 0.215 e. The van der Waals surface area contributed by atoms with Gasteiger partial charge in [-0.05, 0) is 30.7 Å². The number of halogens is 2. The summed E-state index contributed by atoms with van der Waals surface area (Å²) < 4.78 is 6.31. The lowest BCUT2D eigenvalue weighted by atomic mass is 9.95. The first kappa shape index (κ1) is 17.5. The number of hydrogen-bond donors (Lipinski definition) is 0. The van der Waals surface area contributed by atoms with Gasteiger partial charge in [0, 0.05) is 35.0 Å². The number of hydrazone groups is 1. The van der Waals surface area contributed by atoms with Gasteiger partial charge in [-0.3, -0.25) is 4.98 Å². The molecule has 0 N–H and O–H groups in total. The summed E-state index contributed by atoms with van der Waals surface area (Å²) in [5, 5.41) is 8.05. The van der Waals surface area contributed by atoms with Crippen molar-refractivity contribution in [3.63, 3.8) is 0 Å². The molecular formula is C22H17Cl2N3O. The fourth-order valence-electron chi connectivity index (χ4n) is 3.78. The van der Waals surface area contributed by atoms with Crippen LogP contribution in [0.4, 0.5) is 0 Å². The summed E-state index contributed by atoms with van der Waals surface area (Å²) >= 11 is 12.8. The molecule has 1 aromatic heterocycles. The van der Waals surface area contributed by atoms with Gasteiger partial charge in [0.25, 0.3) is 0 Å². The number of hydrogen-bond acceptors (Lipinski definition) is 4. The maximum Gasteiger partial charge on any atom is 0.215 e. The second-order valence-electron chi connectivity index (χ2n) is 7.08. The number of pyridine rings is 1. The van der Waals surface area contributed by atoms with Crippen LogP contribution in [0.25, 0.3) is 0 Å². The van der Waals surface area contributed by atoms with Gasteiger partial charge in [0.2, 0.25) is 6.23 Å². The zero-order valence-electron chi connectivity index (χ0n) is 15.1. The molecular weight excluding hydrogens is 393 g/mol. The number of nitrogens with zero attached hydrogens (tertiary/aromatic N) is 3. The first-order valence-corrected chi connectivity index (χ1v) is 9.84. The summed E-state index contributed by atoms with van der Waals surface area (Å²) in [6.45, 7) is 2.08. The van der Waals surface area contributed by atoms with Crippen LogP contribution in [0.5, 0.6) is 5.75 Å². The highest BCUT2D eigenvalue weighted by Gasteiger charge is 2.42. The highest BCUT2D eigenvalue weighted by molar-refractivity contribution is 6.35. The Hall–Kier alpha value is -2.56. The Morgan fingerprint density at radius 2 is 1.93 bits per heavy atom. The van der Waals surface area contributed by atoms with E-state index in [1.807, 2.05) is 23.2 Å². The van der Waals surface area contributed by atoms with Crippen LogP contribution in [-0.2, 0) is 0 Å². The van der Waals surface area contributed by atoms with Gasteiger partial charge in [-0.15, -0.1) is 0 Å². The third-order valence-electron chi connectivity index (χ3n) is 5.16. The molecule has 140 valence electrons. The molecule has 4 nitrogen and oxygen atoms in total. The van der Waals surface area contributed by atoms with Crippen LogP contribution in [0.15, 0.2) is 66.0 Å². The molecule has 0 bridgehead atoms. The molecule has 0 saturated carbocycles. The van der Waals surface area contributed by atoms with Gasteiger partial charge in [0.15, 0.2) is 0 Å². The van der Waals surface area contributed by atoms with Gasteiger partial charge in [-0.2, -0.15) is 5.10 Å². The van der Waals surface area contributed by atoms with Gasteiger partial charge < -0.3 is 4.74 Å². The summed E-state index contributed by atoms with van der Waals surface area (Å²) in [5.74, 6) is 0.668. The molecule has 5 rings (SSSR count). The zero-order chi connectivity index (χ0) is 19.3. The highest BCUT2D eigenvalue weighted by atomic mass is 35.5. The molecule has 0 amide bonds. The van der Waals surface area contributed by atoms with Crippen LogP contribution in [-0.4, -0.2) is 15.7 Å². The molecule has 0 saturated heterocycles. The molecule has 2 aliphatic rings. The van der Waals surface area contributed by atoms with Crippen molar-refractivity contribution in [1.82, 2.24) is 9.99 Å². The molecule has 2 atom stereocenters. The zero-order valence-corrected chi connectivity index (χ0v) is 16.7. The standard InChI is InChI=1S/C22H17Cl2N3O/c1-13-4-6-14(7-5-13)19-11-20-17-9-16(23)10-18(24)21(17)28-22(27(20)26-19)15-3-2-8-25-12-15/h2-10,12,20,22H,11H2,1H3/t20-,22-/m0/s1. The summed E-state index contributed by atoms with van der Waals surface area (Å²) in [5.41, 5.74) is 5.24. The van der Waals surface area contributed by atoms with Crippen molar-refractivity contribution in [2.24, 2.45) is 5.10 Å². The van der Waals surface area contributed by atoms with Gasteiger partial charge in [0.1, 0.15) is 5.75 Å². The average molecular weight is 410 g/mol. The van der Waals surface area contributed by atoms with E-state index in [9.17, 15) is 0 Å². The third kappa shape index (κ3) is 2.93. The first-order chi connectivity index (χ1) is 13.6. The minimum Gasteiger partial charge on any atom is -0.463 e. The average Bonchev–Trinajstić information content (AvgIpc) is 3.14. The number of aromatic nitrogens is 1. The predicted octanol–water partition coefficient (Wildman–Crippen LogP) is 5.94. The molecule has 0 spiro atoms. The Morgan fingerprint density at radius 3 is 2.68 bits per heavy atom. The topological polar surface area (TPSA) is 37.7 Å². The minimum atomic E-state index is -0.396. The van der Waals surface area contributed by atoms with E-state index in [2.05, 4.69) is 36.2 Å². The van der Waals surface area contributed by atoms with Gasteiger partial charge in [0.05, 0.1) is 16.8 Å². The number of ether oxygens (including phenoxy) is 1. The molecule has 0 aliphatic carbocycles. The molecule has 2 aliphatic heterocycles. The van der Waals surface area contributed by atoms with E-state index in [-0.39, 0.29) is 6.04 Å². The van der Waals surface area contributed by atoms with Crippen LogP contribution in [0.2, 0.25) is 10.0 Å². The van der Waals surface area contributed by atoms with E-state index in [0.717, 1.165) is 28.8 Å². The summed E-state index contributed by atoms with van der Waals surface area (Å²) in [7, 11) is 0. The largest absolute Gasteiger partial charge is 0.463 e. The van der Waals surface area contributed by atoms with E-state index in [1.54, 1.807) is 18.5 Å². The van der Waals surface area contributed by atoms with Gasteiger partial charge in [-0.25, -0.2) is 5.01 Å². The maximum absolute atomic E-state index is 6.48. The fraction of sp³-hybridized carbons (Fsp3) is 0.182. The lowest BCUT2D eigenvalue weighted by Gasteiger charge is -2.38. The lowest BCUT2D eigenvalue weighted by molar-refractivity contribution is -0.0191. The van der Waals surface area contributed by atoms with Crippen LogP contribution < -0.4 is 4.74 Å². The van der Waals surface area contributed by atoms with Crippen LogP contribution in [0.3, 0.4) is 0 Å². The third-order valence-corrected chi connectivity index (χ3v) is 5.66. The second kappa shape index (κ2) is 6.80. The number of benzene rings is 2. The van der Waals surface area contributed by atoms with Crippen molar-refractivity contribution < 1.29 is 4.74 Å². The Morgan fingerprint density at radius 1 is 1.11 bits per heavy atom. The molecule has 6 heteroatoms. The first-order valence-electron chi connectivity index (χ1n) is 9.08. The fourth-order valence-corrected chi connectivity index (χ4v) is 4.33. The van der Waals surface area contributed by atoms with Crippen LogP contribution >= 0.6 is 23.2 Å². The Kier molecular flexibility index (Phi) is 4.26. The summed E-state index contributed by atoms with van der Waals surface area (Å²) in [4.78, 5) is 4.24. The molecule has 0 fully saturated rings. The van der Waals surface area contributed by atoms with Crippen LogP contribution in [0, 0.1) is 6.92 Å². The molecule has 28 heavy (non-hydrogen) atoms. The molecule has 0 radical (unpaired) electrons. The Balaban J connectivity index is 1.63. The summed E-state index contributed by atoms with van der Waals surface area (Å²) in [6, 6.07) is 16.0. The Bertz CT molecular complexity index is 1070. The van der Waals surface area contributed by atoms with Crippen molar-refractivity contribution in [3.8, 4) is 5.75 Å². The normalized spacial score (nSPS) is 20.2. The summed E-state index contributed by atoms with van der Waals surface area (Å²) in [6.07, 6.45) is 3.91. The molecule has 3 aromatic rings. The van der Waals surface area contributed by atoms with Gasteiger partial charge in [-0.1, -0.05) is 59.1 Å². The van der Waals surface area contributed by atoms with E-state index < -0.39 is 6.23 Å². The SMILES string of the molecule is Cc1ccc(C2=NN3[C@@H](C2)c2cc(Cl)cc(Cl)c2O[C@H]3c2cccnc2)cc1. The van der Waals surface area contributed by atoms with E-state index in [0.29, 0.717) is 15.8 Å². The monoisotopic (exact) mass is 409 g/mol. The highest BCUT2D eigenvalue weighted by Crippen LogP contribution is 2.50. The quantitative estimate of drug-likeness (QED) is 0.525. The Labute approximate surface area is 173 Å². The second-order valence-corrected chi connectivity index (χ2v) is 7.92. The van der Waals surface area contributed by atoms with Crippen molar-refractivity contribution in [3.05, 3.63) is 93.2 Å². The molecule has 3 heterocycles. The van der Waals surface area contributed by atoms with Gasteiger partial charge >= 0.3 is 0 Å². The lowest BCUT2D eigenvalue weighted by Crippen LogP contribution is -2.33. The van der Waals surface area contributed by atoms with E-state index in [1.165, 1.54) is 5.56 Å². The molecule has 0 unspecified atom stereocenters. The van der Waals surface area contributed by atoms with E-state index >= 15 is 0 Å². The van der Waals surface area contributed by atoms with Crippen molar-refractivity contribution in [2.75, 3.05) is 0 Å². The number of fused-ring (bicyclic) bond motifs is 3. The minimum absolute atomic E-state index is 0.00135. The van der Waals surface area contributed by atoms with Crippen molar-refractivity contribution in [1.29, 1.82) is 0 Å². The van der Waals surface area contributed by atoms with Crippen molar-refractivity contribution >= 4 is 28.9 Å². The van der Waals surface area contributed by atoms with Crippen LogP contribution in [0.1, 0.15) is 40.9 Å². The van der Waals surface area contributed by atoms with E-state index in [4.69, 9.17) is 33.0 Å². The van der Waals surface area contributed by atoms with Crippen molar-refractivity contribution in [2.45, 2.75) is 25.6 Å². The predicted molar refractivity (Wildman–Crippen MR) is 111 cm³/mol. The number of rotatable bonds is 2. The maximum atomic E-state index is 6.48.